The van der Waals surface area contributed by atoms with E-state index in [1.165, 1.54) is 0 Å². The quantitative estimate of drug-likeness (QED) is 0.461. The maximum atomic E-state index is 10.4. The number of hydrogen-bond donors (Lipinski definition) is 0. The van der Waals surface area contributed by atoms with Gasteiger partial charge in [0.05, 0.1) is 0 Å². The second-order valence-electron chi connectivity index (χ2n) is 13.2. The van der Waals surface area contributed by atoms with Crippen LogP contribution in [0.15, 0.2) is 0 Å². The smallest absolute Gasteiger partial charge is 0.854 e. The molecule has 0 bridgehead atoms. The van der Waals surface area contributed by atoms with Crippen LogP contribution in [0.1, 0.15) is 111 Å². The summed E-state index contributed by atoms with van der Waals surface area (Å²) in [6, 6.07) is 0. The molecule has 0 aliphatic heterocycles. The van der Waals surface area contributed by atoms with Gasteiger partial charge in [-0.2, -0.15) is 0 Å². The average molecular weight is 509 g/mol. The number of rotatable bonds is 8. The van der Waals surface area contributed by atoms with Crippen LogP contribution in [0.2, 0.25) is 0 Å². The van der Waals surface area contributed by atoms with Crippen LogP contribution in [0, 0.1) is 45.3 Å². The van der Waals surface area contributed by atoms with Crippen molar-refractivity contribution in [3.8, 4) is 0 Å². The minimum Gasteiger partial charge on any atom is -0.854 e. The minimum atomic E-state index is -0.0139. The first kappa shape index (κ1) is 43.6. The number of hydrogen-bond acceptors (Lipinski definition) is 4. The van der Waals surface area contributed by atoms with Crippen LogP contribution < -0.4 is 20.4 Å². The summed E-state index contributed by atoms with van der Waals surface area (Å²) in [6.45, 7) is 32.8. The first-order valence-corrected chi connectivity index (χ1v) is 12.3. The molecule has 200 valence electrons. The van der Waals surface area contributed by atoms with Gasteiger partial charge >= 0.3 is 21.7 Å². The molecule has 0 aromatic heterocycles. The minimum absolute atomic E-state index is 0. The molecule has 0 amide bonds. The summed E-state index contributed by atoms with van der Waals surface area (Å²) in [4.78, 5) is 0. The molecule has 0 rings (SSSR count). The molecule has 0 saturated carbocycles. The van der Waals surface area contributed by atoms with E-state index in [4.69, 9.17) is 0 Å². The normalized spacial score (nSPS) is 12.4. The standard InChI is InChI=1S/4C7H15O.Ti/c4*1-6(2)7(3,4)5-8;/h4*6H,5H2,1-4H3;/q4*-1;+4. The molecule has 5 heteroatoms. The Labute approximate surface area is 224 Å². The predicted molar refractivity (Wildman–Crippen MR) is 134 cm³/mol. The largest absolute Gasteiger partial charge is 4.00 e. The molecule has 0 N–H and O–H groups in total. The fourth-order valence-electron chi connectivity index (χ4n) is 0.667. The Morgan fingerprint density at radius 1 is 0.364 bits per heavy atom. The monoisotopic (exact) mass is 508 g/mol. The first-order chi connectivity index (χ1) is 14.0. The van der Waals surface area contributed by atoms with Gasteiger partial charge in [0.2, 0.25) is 0 Å². The fraction of sp³-hybridized carbons (Fsp3) is 1.00. The van der Waals surface area contributed by atoms with Gasteiger partial charge in [-0.05, 0) is 45.3 Å². The van der Waals surface area contributed by atoms with Crippen molar-refractivity contribution in [3.05, 3.63) is 0 Å². The van der Waals surface area contributed by atoms with E-state index in [9.17, 15) is 20.4 Å². The third-order valence-electron chi connectivity index (χ3n) is 7.74. The van der Waals surface area contributed by atoms with E-state index in [1.807, 2.05) is 55.4 Å². The summed E-state index contributed by atoms with van der Waals surface area (Å²) in [5.41, 5.74) is -0.0556. The SMILES string of the molecule is CC(C)C(C)(C)C[O-].CC(C)C(C)(C)C[O-].CC(C)C(C)(C)C[O-].CC(C)C(C)(C)C[O-].[Ti+4]. The van der Waals surface area contributed by atoms with Crippen LogP contribution in [0.5, 0.6) is 0 Å². The maximum absolute atomic E-state index is 10.4. The van der Waals surface area contributed by atoms with Gasteiger partial charge in [0, 0.05) is 0 Å². The van der Waals surface area contributed by atoms with Crippen molar-refractivity contribution in [1.29, 1.82) is 0 Å². The van der Waals surface area contributed by atoms with E-state index < -0.39 is 0 Å². The zero-order valence-electron chi connectivity index (χ0n) is 25.3. The van der Waals surface area contributed by atoms with Crippen molar-refractivity contribution < 1.29 is 42.1 Å². The summed E-state index contributed by atoms with van der Waals surface area (Å²) in [6.07, 6.45) is 0. The van der Waals surface area contributed by atoms with Gasteiger partial charge in [0.25, 0.3) is 0 Å². The van der Waals surface area contributed by atoms with E-state index in [0.29, 0.717) is 23.7 Å². The molecule has 0 saturated heterocycles. The van der Waals surface area contributed by atoms with Crippen molar-refractivity contribution in [2.75, 3.05) is 26.4 Å². The Kier molecular flexibility index (Phi) is 26.0. The van der Waals surface area contributed by atoms with Gasteiger partial charge < -0.3 is 20.4 Å². The Morgan fingerprint density at radius 3 is 0.455 bits per heavy atom. The van der Waals surface area contributed by atoms with E-state index in [2.05, 4.69) is 55.4 Å². The van der Waals surface area contributed by atoms with Crippen molar-refractivity contribution in [1.82, 2.24) is 0 Å². The molecule has 4 nitrogen and oxygen atoms in total. The average Bonchev–Trinajstić information content (AvgIpc) is 2.68. The molecule has 0 atom stereocenters. The molecule has 0 radical (unpaired) electrons. The zero-order chi connectivity index (χ0) is 27.1. The van der Waals surface area contributed by atoms with Gasteiger partial charge in [-0.1, -0.05) is 111 Å². The second-order valence-corrected chi connectivity index (χ2v) is 13.2. The molecular formula is C28H60O4Ti. The van der Waals surface area contributed by atoms with Gasteiger partial charge in [0.1, 0.15) is 0 Å². The Morgan fingerprint density at radius 2 is 0.455 bits per heavy atom. The summed E-state index contributed by atoms with van der Waals surface area (Å²) in [7, 11) is 0. The Balaban J connectivity index is -0.000000105. The summed E-state index contributed by atoms with van der Waals surface area (Å²) < 4.78 is 0. The van der Waals surface area contributed by atoms with Crippen molar-refractivity contribution >= 4 is 0 Å². The van der Waals surface area contributed by atoms with Crippen LogP contribution >= 0.6 is 0 Å². The van der Waals surface area contributed by atoms with E-state index >= 15 is 0 Å². The molecule has 0 aromatic rings. The molecule has 0 fully saturated rings. The molecule has 0 aromatic carbocycles. The molecular weight excluding hydrogens is 448 g/mol. The van der Waals surface area contributed by atoms with E-state index in [-0.39, 0.29) is 69.8 Å². The van der Waals surface area contributed by atoms with Crippen LogP contribution in [-0.2, 0) is 21.7 Å². The third kappa shape index (κ3) is 22.7. The molecule has 0 heterocycles. The maximum Gasteiger partial charge on any atom is 4.00 e. The molecule has 0 unspecified atom stereocenters. The fourth-order valence-corrected chi connectivity index (χ4v) is 0.667. The molecule has 0 aliphatic carbocycles. The Hall–Kier alpha value is 0.554. The van der Waals surface area contributed by atoms with Gasteiger partial charge in [-0.25, -0.2) is 0 Å². The molecule has 0 spiro atoms. The third-order valence-corrected chi connectivity index (χ3v) is 7.74. The molecule has 33 heavy (non-hydrogen) atoms. The van der Waals surface area contributed by atoms with Gasteiger partial charge in [-0.15, -0.1) is 26.4 Å². The molecule has 0 aliphatic rings. The summed E-state index contributed by atoms with van der Waals surface area (Å²) >= 11 is 0. The van der Waals surface area contributed by atoms with Crippen molar-refractivity contribution in [2.45, 2.75) is 111 Å². The topological polar surface area (TPSA) is 92.2 Å². The first-order valence-electron chi connectivity index (χ1n) is 12.3. The van der Waals surface area contributed by atoms with Gasteiger partial charge in [0.15, 0.2) is 0 Å². The summed E-state index contributed by atoms with van der Waals surface area (Å²) in [5.74, 6) is 2.00. The van der Waals surface area contributed by atoms with Crippen molar-refractivity contribution in [3.63, 3.8) is 0 Å². The van der Waals surface area contributed by atoms with E-state index in [0.717, 1.165) is 0 Å². The van der Waals surface area contributed by atoms with Crippen LogP contribution in [0.25, 0.3) is 0 Å². The van der Waals surface area contributed by atoms with Gasteiger partial charge in [-0.3, -0.25) is 0 Å². The second kappa shape index (κ2) is 19.7. The van der Waals surface area contributed by atoms with E-state index in [1.54, 1.807) is 0 Å². The zero-order valence-corrected chi connectivity index (χ0v) is 26.8. The van der Waals surface area contributed by atoms with Crippen LogP contribution in [0.4, 0.5) is 0 Å². The Bertz CT molecular complexity index is 346. The van der Waals surface area contributed by atoms with Crippen LogP contribution in [0.3, 0.4) is 0 Å². The van der Waals surface area contributed by atoms with Crippen molar-refractivity contribution in [2.24, 2.45) is 45.3 Å². The van der Waals surface area contributed by atoms with Crippen LogP contribution in [-0.4, -0.2) is 26.4 Å². The predicted octanol–water partition coefficient (Wildman–Crippen LogP) is 4.11. The summed E-state index contributed by atoms with van der Waals surface area (Å²) in [5, 5.41) is 41.6.